The first kappa shape index (κ1) is 14.3. The molecule has 0 fully saturated rings. The minimum absolute atomic E-state index is 0.0532. The summed E-state index contributed by atoms with van der Waals surface area (Å²) >= 11 is 0. The van der Waals surface area contributed by atoms with Gasteiger partial charge in [0.15, 0.2) is 0 Å². The third-order valence-corrected chi connectivity index (χ3v) is 3.15. The number of aromatic nitrogens is 2. The molecule has 5 heteroatoms. The van der Waals surface area contributed by atoms with Crippen LogP contribution in [0.4, 0.5) is 5.82 Å². The highest BCUT2D eigenvalue weighted by Crippen LogP contribution is 2.26. The first-order valence-electron chi connectivity index (χ1n) is 6.41. The Kier molecular flexibility index (Phi) is 4.20. The van der Waals surface area contributed by atoms with E-state index in [9.17, 15) is 5.11 Å². The third-order valence-electron chi connectivity index (χ3n) is 3.15. The van der Waals surface area contributed by atoms with Gasteiger partial charge in [0.2, 0.25) is 5.88 Å². The molecule has 1 unspecified atom stereocenters. The molecule has 20 heavy (non-hydrogen) atoms. The van der Waals surface area contributed by atoms with Gasteiger partial charge in [-0.3, -0.25) is 0 Å². The summed E-state index contributed by atoms with van der Waals surface area (Å²) in [5, 5.41) is 13.0. The van der Waals surface area contributed by atoms with Crippen molar-refractivity contribution in [3.8, 4) is 5.88 Å². The topological polar surface area (TPSA) is 67.3 Å². The Morgan fingerprint density at radius 3 is 2.55 bits per heavy atom. The van der Waals surface area contributed by atoms with E-state index >= 15 is 0 Å². The Labute approximate surface area is 118 Å². The van der Waals surface area contributed by atoms with Gasteiger partial charge >= 0.3 is 0 Å². The second-order valence-corrected chi connectivity index (χ2v) is 4.82. The highest BCUT2D eigenvalue weighted by atomic mass is 16.5. The van der Waals surface area contributed by atoms with Gasteiger partial charge in [-0.15, -0.1) is 0 Å². The molecular formula is C15H19N3O2. The first-order valence-corrected chi connectivity index (χ1v) is 6.41. The molecule has 2 rings (SSSR count). The number of aliphatic hydroxyl groups is 1. The van der Waals surface area contributed by atoms with Gasteiger partial charge in [-0.1, -0.05) is 30.3 Å². The molecule has 0 aliphatic carbocycles. The van der Waals surface area contributed by atoms with Crippen LogP contribution in [0.15, 0.2) is 36.4 Å². The van der Waals surface area contributed by atoms with Gasteiger partial charge in [0.25, 0.3) is 0 Å². The van der Waals surface area contributed by atoms with Gasteiger partial charge in [-0.2, -0.15) is 4.98 Å². The number of methoxy groups -OCH3 is 1. The zero-order chi connectivity index (χ0) is 14.6. The number of rotatable bonds is 5. The number of nitrogens with one attached hydrogen (secondary N) is 1. The lowest BCUT2D eigenvalue weighted by atomic mass is 9.93. The van der Waals surface area contributed by atoms with E-state index in [0.717, 1.165) is 5.56 Å². The highest BCUT2D eigenvalue weighted by Gasteiger charge is 2.26. The fourth-order valence-corrected chi connectivity index (χ4v) is 2.00. The van der Waals surface area contributed by atoms with E-state index in [1.807, 2.05) is 37.3 Å². The zero-order valence-electron chi connectivity index (χ0n) is 11.9. The smallest absolute Gasteiger partial charge is 0.218 e. The van der Waals surface area contributed by atoms with Gasteiger partial charge in [-0.05, 0) is 19.4 Å². The fourth-order valence-electron chi connectivity index (χ4n) is 2.00. The van der Waals surface area contributed by atoms with Crippen molar-refractivity contribution in [3.05, 3.63) is 47.8 Å². The largest absolute Gasteiger partial charge is 0.481 e. The van der Waals surface area contributed by atoms with Crippen molar-refractivity contribution in [2.75, 3.05) is 19.0 Å². The zero-order valence-corrected chi connectivity index (χ0v) is 11.9. The monoisotopic (exact) mass is 273 g/mol. The summed E-state index contributed by atoms with van der Waals surface area (Å²) in [6.45, 7) is 3.67. The van der Waals surface area contributed by atoms with Crippen LogP contribution in [-0.4, -0.2) is 28.8 Å². The second kappa shape index (κ2) is 5.88. The summed E-state index contributed by atoms with van der Waals surface area (Å²) in [5.74, 6) is 1.73. The lowest BCUT2D eigenvalue weighted by Crippen LogP contribution is -2.36. The van der Waals surface area contributed by atoms with E-state index in [4.69, 9.17) is 4.74 Å². The Hall–Kier alpha value is -2.14. The quantitative estimate of drug-likeness (QED) is 0.873. The van der Waals surface area contributed by atoms with Crippen molar-refractivity contribution >= 4 is 5.82 Å². The number of aliphatic hydroxyl groups excluding tert-OH is 1. The molecular weight excluding hydrogens is 254 g/mol. The van der Waals surface area contributed by atoms with Crippen molar-refractivity contribution in [3.63, 3.8) is 0 Å². The van der Waals surface area contributed by atoms with Gasteiger partial charge in [0.05, 0.1) is 19.3 Å². The van der Waals surface area contributed by atoms with Gasteiger partial charge in [-0.25, -0.2) is 4.98 Å². The average Bonchev–Trinajstić information content (AvgIpc) is 2.47. The SMILES string of the molecule is COc1cc(NC(C)(CO)c2ccccc2)nc(C)n1. The molecule has 1 atom stereocenters. The standard InChI is InChI=1S/C15H19N3O2/c1-11-16-13(9-14(17-11)20-3)18-15(2,10-19)12-7-5-4-6-8-12/h4-9,19H,10H2,1-3H3,(H,16,17,18). The fraction of sp³-hybridized carbons (Fsp3) is 0.333. The van der Waals surface area contributed by atoms with E-state index < -0.39 is 5.54 Å². The highest BCUT2D eigenvalue weighted by molar-refractivity contribution is 5.44. The Morgan fingerprint density at radius 1 is 1.25 bits per heavy atom. The molecule has 0 aliphatic heterocycles. The molecule has 106 valence electrons. The summed E-state index contributed by atoms with van der Waals surface area (Å²) in [7, 11) is 1.56. The molecule has 0 amide bonds. The number of hydrogen-bond acceptors (Lipinski definition) is 5. The van der Waals surface area contributed by atoms with Crippen molar-refractivity contribution in [1.29, 1.82) is 0 Å². The summed E-state index contributed by atoms with van der Waals surface area (Å²) in [6.07, 6.45) is 0. The molecule has 1 aromatic heterocycles. The molecule has 1 aromatic carbocycles. The Morgan fingerprint density at radius 2 is 1.95 bits per heavy atom. The lowest BCUT2D eigenvalue weighted by Gasteiger charge is -2.30. The second-order valence-electron chi connectivity index (χ2n) is 4.82. The first-order chi connectivity index (χ1) is 9.57. The molecule has 0 bridgehead atoms. The average molecular weight is 273 g/mol. The maximum atomic E-state index is 9.76. The molecule has 2 N–H and O–H groups in total. The van der Waals surface area contributed by atoms with E-state index in [-0.39, 0.29) is 6.61 Å². The van der Waals surface area contributed by atoms with Crippen LogP contribution >= 0.6 is 0 Å². The molecule has 0 saturated carbocycles. The molecule has 2 aromatic rings. The number of aryl methyl sites for hydroxylation is 1. The minimum Gasteiger partial charge on any atom is -0.481 e. The molecule has 5 nitrogen and oxygen atoms in total. The molecule has 0 aliphatic rings. The van der Waals surface area contributed by atoms with Crippen molar-refractivity contribution in [1.82, 2.24) is 9.97 Å². The van der Waals surface area contributed by atoms with Crippen molar-refractivity contribution < 1.29 is 9.84 Å². The Balaban J connectivity index is 2.33. The van der Waals surface area contributed by atoms with Crippen LogP contribution in [-0.2, 0) is 5.54 Å². The van der Waals surface area contributed by atoms with Gasteiger partial charge < -0.3 is 15.2 Å². The maximum Gasteiger partial charge on any atom is 0.218 e. The van der Waals surface area contributed by atoms with Gasteiger partial charge in [0, 0.05) is 6.07 Å². The summed E-state index contributed by atoms with van der Waals surface area (Å²) < 4.78 is 5.14. The molecule has 0 saturated heterocycles. The Bertz CT molecular complexity index is 575. The lowest BCUT2D eigenvalue weighted by molar-refractivity contribution is 0.223. The predicted octanol–water partition coefficient (Wildman–Crippen LogP) is 2.11. The summed E-state index contributed by atoms with van der Waals surface area (Å²) in [6, 6.07) is 11.5. The van der Waals surface area contributed by atoms with Crippen molar-refractivity contribution in [2.45, 2.75) is 19.4 Å². The maximum absolute atomic E-state index is 9.76. The summed E-state index contributed by atoms with van der Waals surface area (Å²) in [5.41, 5.74) is 0.366. The van der Waals surface area contributed by atoms with Crippen molar-refractivity contribution in [2.24, 2.45) is 0 Å². The summed E-state index contributed by atoms with van der Waals surface area (Å²) in [4.78, 5) is 8.47. The van der Waals surface area contributed by atoms with Crippen LogP contribution in [0.3, 0.4) is 0 Å². The normalized spacial score (nSPS) is 13.6. The molecule has 1 heterocycles. The van der Waals surface area contributed by atoms with Crippen LogP contribution in [0.5, 0.6) is 5.88 Å². The van der Waals surface area contributed by atoms with E-state index in [1.165, 1.54) is 0 Å². The number of anilines is 1. The minimum atomic E-state index is -0.618. The third kappa shape index (κ3) is 3.05. The van der Waals surface area contributed by atoms with Crippen LogP contribution in [0.25, 0.3) is 0 Å². The molecule has 0 spiro atoms. The number of hydrogen-bond donors (Lipinski definition) is 2. The van der Waals surface area contributed by atoms with Crippen LogP contribution in [0.1, 0.15) is 18.3 Å². The van der Waals surface area contributed by atoms with E-state index in [2.05, 4.69) is 15.3 Å². The molecule has 0 radical (unpaired) electrons. The number of nitrogens with zero attached hydrogens (tertiary/aromatic N) is 2. The number of benzene rings is 1. The van der Waals surface area contributed by atoms with Crippen LogP contribution in [0, 0.1) is 6.92 Å². The van der Waals surface area contributed by atoms with Gasteiger partial charge in [0.1, 0.15) is 11.6 Å². The van der Waals surface area contributed by atoms with E-state index in [1.54, 1.807) is 20.1 Å². The van der Waals surface area contributed by atoms with Crippen LogP contribution in [0.2, 0.25) is 0 Å². The number of ether oxygens (including phenoxy) is 1. The van der Waals surface area contributed by atoms with E-state index in [0.29, 0.717) is 17.5 Å². The predicted molar refractivity (Wildman–Crippen MR) is 77.8 cm³/mol. The van der Waals surface area contributed by atoms with Crippen LogP contribution < -0.4 is 10.1 Å².